The fourth-order valence-electron chi connectivity index (χ4n) is 1.97. The largest absolute Gasteiger partial charge is 0.490 e. The van der Waals surface area contributed by atoms with Crippen molar-refractivity contribution in [3.8, 4) is 23.3 Å². The van der Waals surface area contributed by atoms with Gasteiger partial charge in [-0.25, -0.2) is 8.78 Å². The van der Waals surface area contributed by atoms with Gasteiger partial charge in [-0.05, 0) is 30.7 Å². The summed E-state index contributed by atoms with van der Waals surface area (Å²) in [6.45, 7) is 5.49. The quantitative estimate of drug-likeness (QED) is 0.408. The van der Waals surface area contributed by atoms with Crippen LogP contribution < -0.4 is 9.47 Å². The second kappa shape index (κ2) is 8.95. The van der Waals surface area contributed by atoms with E-state index >= 15 is 0 Å². The first-order valence-electron chi connectivity index (χ1n) is 7.84. The van der Waals surface area contributed by atoms with Crippen LogP contribution in [0.1, 0.15) is 24.5 Å². The number of hydrogen-bond donors (Lipinski definition) is 0. The Morgan fingerprint density at radius 3 is 1.81 bits per heavy atom. The average Bonchev–Trinajstić information content (AvgIpc) is 2.64. The molecule has 0 unspecified atom stereocenters. The number of benzene rings is 2. The molecule has 6 heteroatoms. The predicted octanol–water partition coefficient (Wildman–Crippen LogP) is 5.00. The van der Waals surface area contributed by atoms with Crippen LogP contribution >= 0.6 is 0 Å². The lowest BCUT2D eigenvalue weighted by atomic mass is 10.1. The summed E-state index contributed by atoms with van der Waals surface area (Å²) in [5.74, 6) is -0.753. The Balaban J connectivity index is 2.30. The molecule has 26 heavy (non-hydrogen) atoms. The summed E-state index contributed by atoms with van der Waals surface area (Å²) in [4.78, 5) is 0. The van der Waals surface area contributed by atoms with Crippen molar-refractivity contribution >= 4 is 0 Å². The van der Waals surface area contributed by atoms with E-state index in [-0.39, 0.29) is 35.8 Å². The summed E-state index contributed by atoms with van der Waals surface area (Å²) < 4.78 is 65.8. The number of halogens is 4. The maximum absolute atomic E-state index is 14.0. The fraction of sp³-hybridized carbons (Fsp3) is 0.200. The molecule has 0 bridgehead atoms. The highest BCUT2D eigenvalue weighted by Crippen LogP contribution is 2.24. The Kier molecular flexibility index (Phi) is 6.67. The lowest BCUT2D eigenvalue weighted by molar-refractivity contribution is 0.295. The molecule has 2 aromatic carbocycles. The van der Waals surface area contributed by atoms with Crippen LogP contribution in [0.4, 0.5) is 17.6 Å². The van der Waals surface area contributed by atoms with E-state index in [0.29, 0.717) is 6.42 Å². The third kappa shape index (κ3) is 4.37. The van der Waals surface area contributed by atoms with Crippen LogP contribution in [-0.4, -0.2) is 13.2 Å². The summed E-state index contributed by atoms with van der Waals surface area (Å²) in [7, 11) is 0. The topological polar surface area (TPSA) is 18.5 Å². The van der Waals surface area contributed by atoms with Gasteiger partial charge >= 0.3 is 0 Å². The van der Waals surface area contributed by atoms with Crippen LogP contribution in [0.25, 0.3) is 0 Å². The molecule has 0 saturated carbocycles. The van der Waals surface area contributed by atoms with E-state index in [9.17, 15) is 17.6 Å². The van der Waals surface area contributed by atoms with E-state index in [4.69, 9.17) is 9.47 Å². The number of rotatable bonds is 6. The van der Waals surface area contributed by atoms with Crippen molar-refractivity contribution < 1.29 is 27.0 Å². The van der Waals surface area contributed by atoms with Crippen molar-refractivity contribution in [3.05, 3.63) is 71.3 Å². The molecule has 0 radical (unpaired) electrons. The first-order chi connectivity index (χ1) is 12.5. The van der Waals surface area contributed by atoms with Gasteiger partial charge in [-0.1, -0.05) is 31.4 Å². The molecule has 2 aromatic rings. The smallest absolute Gasteiger partial charge is 0.201 e. The van der Waals surface area contributed by atoms with Crippen LogP contribution in [0.5, 0.6) is 11.5 Å². The Labute approximate surface area is 149 Å². The molecule has 136 valence electrons. The predicted molar refractivity (Wildman–Crippen MR) is 90.2 cm³/mol. The maximum Gasteiger partial charge on any atom is 0.201 e. The number of hydrogen-bond acceptors (Lipinski definition) is 2. The van der Waals surface area contributed by atoms with Crippen molar-refractivity contribution in [2.24, 2.45) is 0 Å². The summed E-state index contributed by atoms with van der Waals surface area (Å²) >= 11 is 0. The molecule has 0 aromatic heterocycles. The van der Waals surface area contributed by atoms with E-state index in [1.807, 2.05) is 6.92 Å². The molecular formula is C20H16F4O2. The van der Waals surface area contributed by atoms with E-state index in [1.54, 1.807) is 0 Å². The molecule has 0 aliphatic heterocycles. The monoisotopic (exact) mass is 364 g/mol. The summed E-state index contributed by atoms with van der Waals surface area (Å²) in [6.07, 6.45) is 2.02. The molecule has 0 aliphatic carbocycles. The highest BCUT2D eigenvalue weighted by atomic mass is 19.2. The Morgan fingerprint density at radius 1 is 0.846 bits per heavy atom. The van der Waals surface area contributed by atoms with Crippen molar-refractivity contribution in [2.45, 2.75) is 13.3 Å². The van der Waals surface area contributed by atoms with Gasteiger partial charge in [0, 0.05) is 0 Å². The molecular weight excluding hydrogens is 348 g/mol. The second-order valence-corrected chi connectivity index (χ2v) is 5.18. The van der Waals surface area contributed by atoms with Crippen LogP contribution in [0.2, 0.25) is 0 Å². The second-order valence-electron chi connectivity index (χ2n) is 5.18. The van der Waals surface area contributed by atoms with Crippen molar-refractivity contribution in [2.75, 3.05) is 13.2 Å². The third-order valence-electron chi connectivity index (χ3n) is 3.24. The lowest BCUT2D eigenvalue weighted by Gasteiger charge is -2.07. The van der Waals surface area contributed by atoms with E-state index in [1.165, 1.54) is 30.3 Å². The highest BCUT2D eigenvalue weighted by Gasteiger charge is 2.15. The minimum absolute atomic E-state index is 0.0122. The normalized spacial score (nSPS) is 10.0. The Hall–Kier alpha value is -2.94. The third-order valence-corrected chi connectivity index (χ3v) is 3.24. The maximum atomic E-state index is 14.0. The minimum Gasteiger partial charge on any atom is -0.490 e. The average molecular weight is 364 g/mol. The van der Waals surface area contributed by atoms with Gasteiger partial charge in [-0.3, -0.25) is 0 Å². The number of ether oxygens (including phenoxy) is 2. The molecule has 0 spiro atoms. The molecule has 0 saturated heterocycles. The molecule has 0 heterocycles. The van der Waals surface area contributed by atoms with Crippen LogP contribution in [0, 0.1) is 35.1 Å². The minimum atomic E-state index is -1.23. The first kappa shape index (κ1) is 19.4. The first-order valence-corrected chi connectivity index (χ1v) is 7.84. The van der Waals surface area contributed by atoms with Gasteiger partial charge in [0.2, 0.25) is 11.6 Å². The van der Waals surface area contributed by atoms with Crippen LogP contribution in [0.15, 0.2) is 36.9 Å². The van der Waals surface area contributed by atoms with Gasteiger partial charge in [0.1, 0.15) is 6.61 Å². The highest BCUT2D eigenvalue weighted by molar-refractivity contribution is 5.47. The van der Waals surface area contributed by atoms with E-state index in [0.717, 1.165) is 0 Å². The van der Waals surface area contributed by atoms with Gasteiger partial charge in [0.05, 0.1) is 17.7 Å². The van der Waals surface area contributed by atoms with Crippen molar-refractivity contribution in [1.29, 1.82) is 0 Å². The van der Waals surface area contributed by atoms with Crippen LogP contribution in [0.3, 0.4) is 0 Å². The van der Waals surface area contributed by atoms with Gasteiger partial charge in [-0.15, -0.1) is 0 Å². The van der Waals surface area contributed by atoms with Crippen molar-refractivity contribution in [1.82, 2.24) is 0 Å². The van der Waals surface area contributed by atoms with Gasteiger partial charge in [0.15, 0.2) is 23.1 Å². The zero-order valence-corrected chi connectivity index (χ0v) is 14.0. The Bertz CT molecular complexity index is 866. The molecule has 2 nitrogen and oxygen atoms in total. The molecule has 0 fully saturated rings. The Morgan fingerprint density at radius 2 is 1.35 bits per heavy atom. The molecule has 0 atom stereocenters. The van der Waals surface area contributed by atoms with Crippen molar-refractivity contribution in [3.63, 3.8) is 0 Å². The van der Waals surface area contributed by atoms with Gasteiger partial charge < -0.3 is 9.47 Å². The molecule has 0 aliphatic rings. The van der Waals surface area contributed by atoms with E-state index < -0.39 is 23.3 Å². The zero-order valence-electron chi connectivity index (χ0n) is 14.0. The van der Waals surface area contributed by atoms with Crippen LogP contribution in [-0.2, 0) is 0 Å². The lowest BCUT2D eigenvalue weighted by Crippen LogP contribution is -2.01. The summed E-state index contributed by atoms with van der Waals surface area (Å²) in [5.41, 5.74) is -0.599. The van der Waals surface area contributed by atoms with E-state index in [2.05, 4.69) is 18.4 Å². The zero-order chi connectivity index (χ0) is 19.1. The standard InChI is InChI=1S/C20H16F4O2/c1-3-11-25-15-9-7-13(17(21)19(15)23)5-6-14-8-10-16(26-12-4-2)20(24)18(14)22/h3,7-10H,1,4,11-12H2,2H3. The molecule has 2 rings (SSSR count). The fourth-order valence-corrected chi connectivity index (χ4v) is 1.97. The molecule has 0 N–H and O–H groups in total. The SMILES string of the molecule is C=CCOc1ccc(C#Cc2ccc(OCCC)c(F)c2F)c(F)c1F. The summed E-state index contributed by atoms with van der Waals surface area (Å²) in [6, 6.07) is 4.84. The molecule has 0 amide bonds. The summed E-state index contributed by atoms with van der Waals surface area (Å²) in [5, 5.41) is 0. The van der Waals surface area contributed by atoms with Gasteiger partial charge in [0.25, 0.3) is 0 Å². The van der Waals surface area contributed by atoms with Gasteiger partial charge in [-0.2, -0.15) is 8.78 Å².